The van der Waals surface area contributed by atoms with E-state index in [9.17, 15) is 14.4 Å². The second-order valence-corrected chi connectivity index (χ2v) is 8.39. The number of carbonyl (C=O) groups is 3. The van der Waals surface area contributed by atoms with Crippen LogP contribution in [0.25, 0.3) is 0 Å². The Morgan fingerprint density at radius 1 is 1.12 bits per heavy atom. The van der Waals surface area contributed by atoms with E-state index in [2.05, 4.69) is 25.6 Å². The van der Waals surface area contributed by atoms with Crippen molar-refractivity contribution in [2.45, 2.75) is 18.1 Å². The summed E-state index contributed by atoms with van der Waals surface area (Å²) in [6, 6.07) is 12.7. The van der Waals surface area contributed by atoms with Crippen LogP contribution in [0.4, 0.5) is 5.69 Å². The number of hydrogen-bond acceptors (Lipinski definition) is 7. The molecular weight excluding hydrogens is 466 g/mol. The molecule has 3 aromatic rings. The highest BCUT2D eigenvalue weighted by Crippen LogP contribution is 2.20. The maximum absolute atomic E-state index is 12.5. The number of ether oxygens (including phenoxy) is 1. The number of rotatable bonds is 8. The molecule has 0 aliphatic heterocycles. The van der Waals surface area contributed by atoms with E-state index in [4.69, 9.17) is 11.6 Å². The minimum absolute atomic E-state index is 0.0810. The monoisotopic (exact) mass is 487 g/mol. The van der Waals surface area contributed by atoms with Gasteiger partial charge in [0, 0.05) is 23.3 Å². The summed E-state index contributed by atoms with van der Waals surface area (Å²) >= 11 is 7.15. The SMILES string of the molecule is COC(=O)c1cccc(NC(=O)CSc2nnc([C@H](C)NC(=O)c3cccc(Cl)c3)n2C)c1. The van der Waals surface area contributed by atoms with Crippen molar-refractivity contribution in [3.8, 4) is 0 Å². The molecule has 0 saturated carbocycles. The van der Waals surface area contributed by atoms with E-state index in [1.807, 2.05) is 0 Å². The number of anilines is 1. The summed E-state index contributed by atoms with van der Waals surface area (Å²) in [7, 11) is 3.06. The minimum Gasteiger partial charge on any atom is -0.465 e. The van der Waals surface area contributed by atoms with Crippen molar-refractivity contribution in [1.82, 2.24) is 20.1 Å². The van der Waals surface area contributed by atoms with Crippen LogP contribution in [0, 0.1) is 0 Å². The van der Waals surface area contributed by atoms with Crippen molar-refractivity contribution in [1.29, 1.82) is 0 Å². The van der Waals surface area contributed by atoms with Crippen molar-refractivity contribution in [3.05, 3.63) is 70.5 Å². The van der Waals surface area contributed by atoms with Gasteiger partial charge in [-0.05, 0) is 43.3 Å². The molecule has 172 valence electrons. The molecule has 0 unspecified atom stereocenters. The highest BCUT2D eigenvalue weighted by Gasteiger charge is 2.19. The highest BCUT2D eigenvalue weighted by molar-refractivity contribution is 7.99. The average Bonchev–Trinajstić information content (AvgIpc) is 3.17. The van der Waals surface area contributed by atoms with Gasteiger partial charge in [0.25, 0.3) is 5.91 Å². The summed E-state index contributed by atoms with van der Waals surface area (Å²) in [5, 5.41) is 14.9. The van der Waals surface area contributed by atoms with Crippen LogP contribution in [0.2, 0.25) is 5.02 Å². The Morgan fingerprint density at radius 2 is 1.85 bits per heavy atom. The number of nitrogens with zero attached hydrogens (tertiary/aromatic N) is 3. The number of thioether (sulfide) groups is 1. The lowest BCUT2D eigenvalue weighted by molar-refractivity contribution is -0.113. The van der Waals surface area contributed by atoms with Crippen LogP contribution < -0.4 is 10.6 Å². The molecule has 2 N–H and O–H groups in total. The largest absolute Gasteiger partial charge is 0.465 e. The Kier molecular flexibility index (Phi) is 8.07. The predicted molar refractivity (Wildman–Crippen MR) is 125 cm³/mol. The molecule has 0 saturated heterocycles. The number of benzene rings is 2. The number of nitrogens with one attached hydrogen (secondary N) is 2. The lowest BCUT2D eigenvalue weighted by Gasteiger charge is -2.13. The van der Waals surface area contributed by atoms with Crippen LogP contribution in [-0.4, -0.2) is 45.4 Å². The lowest BCUT2D eigenvalue weighted by Crippen LogP contribution is -2.28. The van der Waals surface area contributed by atoms with E-state index in [0.717, 1.165) is 0 Å². The molecule has 1 aromatic heterocycles. The van der Waals surface area contributed by atoms with Crippen LogP contribution >= 0.6 is 23.4 Å². The molecule has 1 atom stereocenters. The average molecular weight is 488 g/mol. The third-order valence-corrected chi connectivity index (χ3v) is 5.85. The Bertz CT molecular complexity index is 1180. The number of halogens is 1. The molecule has 0 fully saturated rings. The smallest absolute Gasteiger partial charge is 0.337 e. The third-order valence-electron chi connectivity index (χ3n) is 4.59. The van der Waals surface area contributed by atoms with E-state index in [1.54, 1.807) is 67.1 Å². The van der Waals surface area contributed by atoms with Gasteiger partial charge in [0.05, 0.1) is 24.5 Å². The van der Waals surface area contributed by atoms with Crippen LogP contribution in [0.15, 0.2) is 53.7 Å². The molecule has 0 spiro atoms. The van der Waals surface area contributed by atoms with Crippen LogP contribution in [-0.2, 0) is 16.6 Å². The number of aromatic nitrogens is 3. The van der Waals surface area contributed by atoms with Gasteiger partial charge in [-0.3, -0.25) is 9.59 Å². The second kappa shape index (κ2) is 11.0. The topological polar surface area (TPSA) is 115 Å². The van der Waals surface area contributed by atoms with Gasteiger partial charge >= 0.3 is 5.97 Å². The van der Waals surface area contributed by atoms with Crippen LogP contribution in [0.5, 0.6) is 0 Å². The molecule has 11 heteroatoms. The molecule has 0 bridgehead atoms. The maximum atomic E-state index is 12.5. The Labute approximate surface area is 199 Å². The molecule has 0 radical (unpaired) electrons. The molecule has 2 amide bonds. The van der Waals surface area contributed by atoms with Crippen molar-refractivity contribution < 1.29 is 19.1 Å². The van der Waals surface area contributed by atoms with Gasteiger partial charge in [-0.25, -0.2) is 4.79 Å². The lowest BCUT2D eigenvalue weighted by atomic mass is 10.2. The summed E-state index contributed by atoms with van der Waals surface area (Å²) in [5.74, 6) is -0.412. The van der Waals surface area contributed by atoms with Crippen molar-refractivity contribution >= 4 is 46.8 Å². The fourth-order valence-corrected chi connectivity index (χ4v) is 3.88. The maximum Gasteiger partial charge on any atom is 0.337 e. The Morgan fingerprint density at radius 3 is 2.58 bits per heavy atom. The zero-order valence-electron chi connectivity index (χ0n) is 18.2. The van der Waals surface area contributed by atoms with Gasteiger partial charge in [-0.15, -0.1) is 10.2 Å². The molecule has 9 nitrogen and oxygen atoms in total. The van der Waals surface area contributed by atoms with E-state index in [-0.39, 0.29) is 17.6 Å². The Hall–Kier alpha value is -3.37. The predicted octanol–water partition coefficient (Wildman–Crippen LogP) is 3.48. The van der Waals surface area contributed by atoms with Gasteiger partial charge in [0.1, 0.15) is 0 Å². The molecular formula is C22H22ClN5O4S. The van der Waals surface area contributed by atoms with E-state index < -0.39 is 12.0 Å². The van der Waals surface area contributed by atoms with Crippen LogP contribution in [0.1, 0.15) is 39.5 Å². The minimum atomic E-state index is -0.483. The van der Waals surface area contributed by atoms with Gasteiger partial charge in [0.15, 0.2) is 11.0 Å². The zero-order valence-corrected chi connectivity index (χ0v) is 19.7. The molecule has 2 aromatic carbocycles. The first-order valence-electron chi connectivity index (χ1n) is 9.85. The molecule has 1 heterocycles. The molecule has 3 rings (SSSR count). The fraction of sp³-hybridized carbons (Fsp3) is 0.227. The van der Waals surface area contributed by atoms with Gasteiger partial charge in [0.2, 0.25) is 5.91 Å². The van der Waals surface area contributed by atoms with E-state index in [0.29, 0.717) is 32.8 Å². The quantitative estimate of drug-likeness (QED) is 0.369. The first-order valence-corrected chi connectivity index (χ1v) is 11.2. The van der Waals surface area contributed by atoms with Crippen LogP contribution in [0.3, 0.4) is 0 Å². The van der Waals surface area contributed by atoms with Gasteiger partial charge in [-0.1, -0.05) is 35.5 Å². The number of amides is 2. The summed E-state index contributed by atoms with van der Waals surface area (Å²) in [6.07, 6.45) is 0. The number of carbonyl (C=O) groups excluding carboxylic acids is 3. The summed E-state index contributed by atoms with van der Waals surface area (Å²) < 4.78 is 6.41. The number of methoxy groups -OCH3 is 1. The van der Waals surface area contributed by atoms with E-state index >= 15 is 0 Å². The molecule has 0 aliphatic rings. The van der Waals surface area contributed by atoms with Crippen molar-refractivity contribution in [3.63, 3.8) is 0 Å². The second-order valence-electron chi connectivity index (χ2n) is 7.01. The third kappa shape index (κ3) is 6.33. The molecule has 33 heavy (non-hydrogen) atoms. The summed E-state index contributed by atoms with van der Waals surface area (Å²) in [6.45, 7) is 1.79. The first-order chi connectivity index (χ1) is 15.8. The number of esters is 1. The highest BCUT2D eigenvalue weighted by atomic mass is 35.5. The normalized spacial score (nSPS) is 11.5. The van der Waals surface area contributed by atoms with E-state index in [1.165, 1.54) is 18.9 Å². The van der Waals surface area contributed by atoms with Gasteiger partial charge in [-0.2, -0.15) is 0 Å². The fourth-order valence-electron chi connectivity index (χ4n) is 2.97. The summed E-state index contributed by atoms with van der Waals surface area (Å²) in [4.78, 5) is 36.4. The van der Waals surface area contributed by atoms with Crippen molar-refractivity contribution in [2.24, 2.45) is 7.05 Å². The Balaban J connectivity index is 1.58. The van der Waals surface area contributed by atoms with Crippen molar-refractivity contribution in [2.75, 3.05) is 18.2 Å². The zero-order chi connectivity index (χ0) is 24.0. The standard InChI is InChI=1S/C22H22ClN5O4S/c1-13(24-20(30)14-6-4-8-16(23)10-14)19-26-27-22(28(19)2)33-12-18(29)25-17-9-5-7-15(11-17)21(31)32-3/h4-11,13H,12H2,1-3H3,(H,24,30)(H,25,29)/t13-/m0/s1. The molecule has 0 aliphatic carbocycles. The first kappa shape index (κ1) is 24.3. The number of hydrogen-bond donors (Lipinski definition) is 2. The summed E-state index contributed by atoms with van der Waals surface area (Å²) in [5.41, 5.74) is 1.27. The van der Waals surface area contributed by atoms with Gasteiger partial charge < -0.3 is 19.9 Å².